The third-order valence-corrected chi connectivity index (χ3v) is 2.45. The van der Waals surface area contributed by atoms with Gasteiger partial charge in [-0.05, 0) is 18.9 Å². The van der Waals surface area contributed by atoms with Crippen LogP contribution in [-0.4, -0.2) is 25.8 Å². The van der Waals surface area contributed by atoms with E-state index in [-0.39, 0.29) is 6.04 Å². The Labute approximate surface area is 95.9 Å². The molecule has 1 unspecified atom stereocenters. The molecule has 0 amide bonds. The first-order valence-corrected chi connectivity index (χ1v) is 5.26. The van der Waals surface area contributed by atoms with Crippen molar-refractivity contribution >= 4 is 0 Å². The summed E-state index contributed by atoms with van der Waals surface area (Å²) in [4.78, 5) is 4.01. The third kappa shape index (κ3) is 3.44. The van der Waals surface area contributed by atoms with Crippen molar-refractivity contribution in [1.82, 2.24) is 10.4 Å². The summed E-state index contributed by atoms with van der Waals surface area (Å²) in [6.45, 7) is 0.728. The van der Waals surface area contributed by atoms with Gasteiger partial charge in [0.05, 0.1) is 13.3 Å². The van der Waals surface area contributed by atoms with Crippen molar-refractivity contribution in [3.05, 3.63) is 24.0 Å². The topological polar surface area (TPSA) is 69.4 Å². The summed E-state index contributed by atoms with van der Waals surface area (Å²) in [7, 11) is 3.32. The highest BCUT2D eigenvalue weighted by Crippen LogP contribution is 2.26. The highest BCUT2D eigenvalue weighted by molar-refractivity contribution is 5.32. The lowest BCUT2D eigenvalue weighted by Crippen LogP contribution is -2.28. The van der Waals surface area contributed by atoms with E-state index in [0.29, 0.717) is 0 Å². The second kappa shape index (κ2) is 7.16. The van der Waals surface area contributed by atoms with Crippen LogP contribution in [0.25, 0.3) is 0 Å². The molecule has 1 atom stereocenters. The number of pyridine rings is 1. The molecule has 0 bridgehead atoms. The van der Waals surface area contributed by atoms with E-state index < -0.39 is 0 Å². The highest BCUT2D eigenvalue weighted by Gasteiger charge is 2.13. The smallest absolute Gasteiger partial charge is 0.141 e. The third-order valence-electron chi connectivity index (χ3n) is 2.45. The van der Waals surface area contributed by atoms with Crippen LogP contribution < -0.4 is 16.0 Å². The number of hydrogen-bond acceptors (Lipinski definition) is 5. The zero-order valence-corrected chi connectivity index (χ0v) is 9.77. The minimum Gasteiger partial charge on any atom is -0.495 e. The number of hydrogen-bond donors (Lipinski definition) is 2. The molecule has 1 aromatic heterocycles. The Kier molecular flexibility index (Phi) is 5.77. The second-order valence-corrected chi connectivity index (χ2v) is 3.47. The van der Waals surface area contributed by atoms with Gasteiger partial charge in [-0.2, -0.15) is 0 Å². The van der Waals surface area contributed by atoms with E-state index in [4.69, 9.17) is 15.3 Å². The molecule has 0 saturated carbocycles. The van der Waals surface area contributed by atoms with Gasteiger partial charge in [0.1, 0.15) is 5.75 Å². The minimum absolute atomic E-state index is 0.0631. The quantitative estimate of drug-likeness (QED) is 0.412. The first kappa shape index (κ1) is 12.9. The van der Waals surface area contributed by atoms with Crippen molar-refractivity contribution in [2.75, 3.05) is 20.8 Å². The molecule has 0 aromatic carbocycles. The van der Waals surface area contributed by atoms with Gasteiger partial charge < -0.3 is 9.47 Å². The van der Waals surface area contributed by atoms with E-state index in [1.54, 1.807) is 26.6 Å². The van der Waals surface area contributed by atoms with Gasteiger partial charge in [0, 0.05) is 31.5 Å². The average molecular weight is 225 g/mol. The molecule has 3 N–H and O–H groups in total. The SMILES string of the molecule is COCCCC(NN)c1ccncc1OC. The normalized spacial score (nSPS) is 12.4. The maximum absolute atomic E-state index is 5.54. The van der Waals surface area contributed by atoms with Crippen LogP contribution in [0.5, 0.6) is 5.75 Å². The number of ether oxygens (including phenoxy) is 2. The lowest BCUT2D eigenvalue weighted by atomic mass is 10.0. The number of nitrogens with one attached hydrogen (secondary N) is 1. The van der Waals surface area contributed by atoms with Crippen molar-refractivity contribution in [2.45, 2.75) is 18.9 Å². The summed E-state index contributed by atoms with van der Waals surface area (Å²) < 4.78 is 10.3. The molecule has 0 aliphatic heterocycles. The van der Waals surface area contributed by atoms with Crippen LogP contribution in [0, 0.1) is 0 Å². The average Bonchev–Trinajstić information content (AvgIpc) is 2.35. The zero-order valence-electron chi connectivity index (χ0n) is 9.77. The zero-order chi connectivity index (χ0) is 11.8. The van der Waals surface area contributed by atoms with Gasteiger partial charge in [-0.1, -0.05) is 0 Å². The number of rotatable bonds is 7. The van der Waals surface area contributed by atoms with E-state index in [1.807, 2.05) is 6.07 Å². The van der Waals surface area contributed by atoms with Gasteiger partial charge in [0.2, 0.25) is 0 Å². The number of nitrogens with two attached hydrogens (primary N) is 1. The van der Waals surface area contributed by atoms with E-state index in [2.05, 4.69) is 10.4 Å². The Morgan fingerprint density at radius 1 is 1.50 bits per heavy atom. The predicted molar refractivity (Wildman–Crippen MR) is 62.0 cm³/mol. The molecule has 5 nitrogen and oxygen atoms in total. The summed E-state index contributed by atoms with van der Waals surface area (Å²) in [5.74, 6) is 6.30. The first-order chi connectivity index (χ1) is 7.83. The van der Waals surface area contributed by atoms with E-state index in [0.717, 1.165) is 30.8 Å². The van der Waals surface area contributed by atoms with Crippen LogP contribution in [0.15, 0.2) is 18.5 Å². The summed E-state index contributed by atoms with van der Waals surface area (Å²) >= 11 is 0. The molecule has 0 spiro atoms. The maximum Gasteiger partial charge on any atom is 0.141 e. The molecule has 0 radical (unpaired) electrons. The van der Waals surface area contributed by atoms with Gasteiger partial charge in [0.25, 0.3) is 0 Å². The Bertz CT molecular complexity index is 307. The Morgan fingerprint density at radius 2 is 2.31 bits per heavy atom. The molecule has 0 aliphatic carbocycles. The van der Waals surface area contributed by atoms with Gasteiger partial charge in [-0.25, -0.2) is 0 Å². The van der Waals surface area contributed by atoms with Crippen LogP contribution >= 0.6 is 0 Å². The van der Waals surface area contributed by atoms with Crippen LogP contribution in [0.1, 0.15) is 24.4 Å². The van der Waals surface area contributed by atoms with Crippen LogP contribution in [0.4, 0.5) is 0 Å². The van der Waals surface area contributed by atoms with Crippen molar-refractivity contribution in [1.29, 1.82) is 0 Å². The molecule has 1 rings (SSSR count). The number of aromatic nitrogens is 1. The van der Waals surface area contributed by atoms with Crippen molar-refractivity contribution in [3.63, 3.8) is 0 Å². The predicted octanol–water partition coefficient (Wildman–Crippen LogP) is 1.02. The monoisotopic (exact) mass is 225 g/mol. The largest absolute Gasteiger partial charge is 0.495 e. The molecule has 0 aliphatic rings. The summed E-state index contributed by atoms with van der Waals surface area (Å²) in [5, 5.41) is 0. The second-order valence-electron chi connectivity index (χ2n) is 3.47. The van der Waals surface area contributed by atoms with E-state index >= 15 is 0 Å². The Morgan fingerprint density at radius 3 is 2.94 bits per heavy atom. The van der Waals surface area contributed by atoms with Crippen LogP contribution in [0.2, 0.25) is 0 Å². The van der Waals surface area contributed by atoms with Crippen molar-refractivity contribution in [3.8, 4) is 5.75 Å². The highest BCUT2D eigenvalue weighted by atomic mass is 16.5. The number of hydrazine groups is 1. The Balaban J connectivity index is 2.69. The summed E-state index contributed by atoms with van der Waals surface area (Å²) in [5.41, 5.74) is 3.81. The lowest BCUT2D eigenvalue weighted by Gasteiger charge is -2.18. The molecular formula is C11H19N3O2. The fourth-order valence-electron chi connectivity index (χ4n) is 1.61. The molecule has 0 saturated heterocycles. The van der Waals surface area contributed by atoms with Gasteiger partial charge in [0.15, 0.2) is 0 Å². The molecule has 5 heteroatoms. The van der Waals surface area contributed by atoms with Gasteiger partial charge in [-0.3, -0.25) is 16.3 Å². The number of nitrogens with zero attached hydrogens (tertiary/aromatic N) is 1. The molecule has 1 heterocycles. The first-order valence-electron chi connectivity index (χ1n) is 5.26. The van der Waals surface area contributed by atoms with Crippen molar-refractivity contribution in [2.24, 2.45) is 5.84 Å². The molecule has 16 heavy (non-hydrogen) atoms. The molecule has 0 fully saturated rings. The van der Waals surface area contributed by atoms with Crippen LogP contribution in [-0.2, 0) is 4.74 Å². The molecule has 90 valence electrons. The van der Waals surface area contributed by atoms with Crippen molar-refractivity contribution < 1.29 is 9.47 Å². The fraction of sp³-hybridized carbons (Fsp3) is 0.545. The lowest BCUT2D eigenvalue weighted by molar-refractivity contribution is 0.188. The minimum atomic E-state index is 0.0631. The summed E-state index contributed by atoms with van der Waals surface area (Å²) in [6.07, 6.45) is 5.26. The number of methoxy groups -OCH3 is 2. The Hall–Kier alpha value is -1.17. The standard InChI is InChI=1S/C11H19N3O2/c1-15-7-3-4-10(14-12)9-5-6-13-8-11(9)16-2/h5-6,8,10,14H,3-4,7,12H2,1-2H3. The van der Waals surface area contributed by atoms with E-state index in [1.165, 1.54) is 0 Å². The van der Waals surface area contributed by atoms with Gasteiger partial charge >= 0.3 is 0 Å². The van der Waals surface area contributed by atoms with Gasteiger partial charge in [-0.15, -0.1) is 0 Å². The van der Waals surface area contributed by atoms with Crippen LogP contribution in [0.3, 0.4) is 0 Å². The fourth-order valence-corrected chi connectivity index (χ4v) is 1.61. The molecular weight excluding hydrogens is 206 g/mol. The van der Waals surface area contributed by atoms with E-state index in [9.17, 15) is 0 Å². The maximum atomic E-state index is 5.54. The molecule has 1 aromatic rings. The summed E-state index contributed by atoms with van der Waals surface area (Å²) in [6, 6.07) is 1.98.